The molecule has 0 atom stereocenters. The molecule has 0 radical (unpaired) electrons. The number of nitrogens with zero attached hydrogens (tertiary/aromatic N) is 2. The van der Waals surface area contributed by atoms with E-state index in [1.807, 2.05) is 36.4 Å². The lowest BCUT2D eigenvalue weighted by Crippen LogP contribution is -2.48. The first-order chi connectivity index (χ1) is 10.8. The lowest BCUT2D eigenvalue weighted by Gasteiger charge is -2.38. The summed E-state index contributed by atoms with van der Waals surface area (Å²) in [5.74, 6) is 0. The zero-order valence-electron chi connectivity index (χ0n) is 12.7. The third kappa shape index (κ3) is 3.47. The summed E-state index contributed by atoms with van der Waals surface area (Å²) in [5.41, 5.74) is 1.93. The van der Waals surface area contributed by atoms with Crippen LogP contribution in [0.25, 0.3) is 0 Å². The maximum atomic E-state index is 9.65. The minimum absolute atomic E-state index is 0.436. The number of benzene rings is 2. The molecule has 3 rings (SSSR count). The predicted octanol–water partition coefficient (Wildman–Crippen LogP) is 3.66. The molecule has 0 spiro atoms. The maximum absolute atomic E-state index is 9.65. The third-order valence-corrected chi connectivity index (χ3v) is 4.33. The van der Waals surface area contributed by atoms with E-state index in [0.717, 1.165) is 38.2 Å². The molecular formula is C19H21N3. The van der Waals surface area contributed by atoms with Crippen LogP contribution in [0, 0.1) is 11.3 Å². The Morgan fingerprint density at radius 3 is 2.14 bits per heavy atom. The number of piperidine rings is 1. The molecule has 1 fully saturated rings. The molecule has 3 nitrogen and oxygen atoms in total. The lowest BCUT2D eigenvalue weighted by molar-refractivity contribution is 0.189. The summed E-state index contributed by atoms with van der Waals surface area (Å²) in [5, 5.41) is 13.1. The number of rotatable bonds is 4. The Balaban J connectivity index is 1.60. The molecule has 3 heteroatoms. The fraction of sp³-hybridized carbons (Fsp3) is 0.316. The molecule has 1 aliphatic rings. The van der Waals surface area contributed by atoms with Crippen LogP contribution in [0.2, 0.25) is 0 Å². The average Bonchev–Trinajstić information content (AvgIpc) is 2.59. The van der Waals surface area contributed by atoms with Crippen molar-refractivity contribution in [2.45, 2.75) is 24.9 Å². The van der Waals surface area contributed by atoms with Gasteiger partial charge in [0, 0.05) is 25.3 Å². The highest BCUT2D eigenvalue weighted by molar-refractivity contribution is 5.47. The van der Waals surface area contributed by atoms with E-state index >= 15 is 0 Å². The van der Waals surface area contributed by atoms with Crippen LogP contribution < -0.4 is 5.32 Å². The first-order valence-corrected chi connectivity index (χ1v) is 7.80. The molecule has 0 bridgehead atoms. The number of hydrogen-bond acceptors (Lipinski definition) is 3. The summed E-state index contributed by atoms with van der Waals surface area (Å²) in [6, 6.07) is 23.1. The van der Waals surface area contributed by atoms with Crippen LogP contribution in [0.3, 0.4) is 0 Å². The average molecular weight is 297 g/mol. The van der Waals surface area contributed by atoms with E-state index in [2.05, 4.69) is 40.6 Å². The summed E-state index contributed by atoms with van der Waals surface area (Å²) in [4.78, 5) is 2.43. The summed E-state index contributed by atoms with van der Waals surface area (Å²) in [6.45, 7) is 2.86. The highest BCUT2D eigenvalue weighted by Gasteiger charge is 2.34. The van der Waals surface area contributed by atoms with Crippen LogP contribution >= 0.6 is 0 Å². The van der Waals surface area contributed by atoms with Crippen LogP contribution in [0.5, 0.6) is 0 Å². The Labute approximate surface area is 132 Å². The van der Waals surface area contributed by atoms with Crippen LogP contribution in [0.4, 0.5) is 5.69 Å². The van der Waals surface area contributed by atoms with Crippen molar-refractivity contribution >= 4 is 5.69 Å². The Bertz CT molecular complexity index is 623. The topological polar surface area (TPSA) is 39.1 Å². The van der Waals surface area contributed by atoms with Gasteiger partial charge in [-0.2, -0.15) is 5.26 Å². The fourth-order valence-corrected chi connectivity index (χ4v) is 3.00. The summed E-state index contributed by atoms with van der Waals surface area (Å²) >= 11 is 0. The van der Waals surface area contributed by atoms with Crippen LogP contribution in [0.15, 0.2) is 60.7 Å². The van der Waals surface area contributed by atoms with Crippen LogP contribution in [-0.4, -0.2) is 23.5 Å². The van der Waals surface area contributed by atoms with Crippen molar-refractivity contribution in [3.63, 3.8) is 0 Å². The minimum Gasteiger partial charge on any atom is -0.367 e. The van der Waals surface area contributed by atoms with Crippen LogP contribution in [0.1, 0.15) is 18.4 Å². The molecule has 22 heavy (non-hydrogen) atoms. The Hall–Kier alpha value is -2.31. The molecule has 0 unspecified atom stereocenters. The van der Waals surface area contributed by atoms with Gasteiger partial charge in [0.2, 0.25) is 0 Å². The highest BCUT2D eigenvalue weighted by atomic mass is 15.2. The van der Waals surface area contributed by atoms with Crippen molar-refractivity contribution in [1.82, 2.24) is 4.90 Å². The van der Waals surface area contributed by atoms with Crippen molar-refractivity contribution in [1.29, 1.82) is 5.26 Å². The number of nitriles is 1. The van der Waals surface area contributed by atoms with Gasteiger partial charge in [-0.25, -0.2) is 0 Å². The molecule has 0 amide bonds. The number of likely N-dealkylation sites (tertiary alicyclic amines) is 1. The second kappa shape index (κ2) is 6.64. The van der Waals surface area contributed by atoms with Gasteiger partial charge < -0.3 is 5.32 Å². The fourth-order valence-electron chi connectivity index (χ4n) is 3.00. The number of para-hydroxylation sites is 1. The van der Waals surface area contributed by atoms with Gasteiger partial charge in [-0.15, -0.1) is 0 Å². The van der Waals surface area contributed by atoms with Gasteiger partial charge in [-0.05, 0) is 30.5 Å². The van der Waals surface area contributed by atoms with Crippen molar-refractivity contribution in [3.05, 3.63) is 66.2 Å². The molecular weight excluding hydrogens is 276 g/mol. The van der Waals surface area contributed by atoms with E-state index in [9.17, 15) is 5.26 Å². The number of anilines is 1. The van der Waals surface area contributed by atoms with Crippen LogP contribution in [-0.2, 0) is 6.54 Å². The molecule has 1 aliphatic heterocycles. The van der Waals surface area contributed by atoms with Crippen molar-refractivity contribution in [2.24, 2.45) is 0 Å². The van der Waals surface area contributed by atoms with E-state index in [0.29, 0.717) is 0 Å². The van der Waals surface area contributed by atoms with Gasteiger partial charge >= 0.3 is 0 Å². The van der Waals surface area contributed by atoms with E-state index in [1.165, 1.54) is 5.56 Å². The van der Waals surface area contributed by atoms with E-state index < -0.39 is 5.54 Å². The second-order valence-electron chi connectivity index (χ2n) is 5.95. The van der Waals surface area contributed by atoms with Crippen molar-refractivity contribution in [3.8, 4) is 6.07 Å². The van der Waals surface area contributed by atoms with Gasteiger partial charge in [-0.3, -0.25) is 4.90 Å². The molecule has 0 saturated carbocycles. The highest BCUT2D eigenvalue weighted by Crippen LogP contribution is 2.27. The first-order valence-electron chi connectivity index (χ1n) is 7.80. The first kappa shape index (κ1) is 14.6. The molecule has 112 valence electrons. The second-order valence-corrected chi connectivity index (χ2v) is 5.95. The van der Waals surface area contributed by atoms with Gasteiger partial charge in [0.15, 0.2) is 0 Å². The van der Waals surface area contributed by atoms with Gasteiger partial charge in [0.1, 0.15) is 5.54 Å². The van der Waals surface area contributed by atoms with Crippen molar-refractivity contribution < 1.29 is 0 Å². The smallest absolute Gasteiger partial charge is 0.127 e. The lowest BCUT2D eigenvalue weighted by atomic mass is 9.89. The largest absolute Gasteiger partial charge is 0.367 e. The van der Waals surface area contributed by atoms with Gasteiger partial charge in [0.05, 0.1) is 6.07 Å². The Morgan fingerprint density at radius 1 is 0.955 bits per heavy atom. The molecule has 1 N–H and O–H groups in total. The van der Waals surface area contributed by atoms with Crippen molar-refractivity contribution in [2.75, 3.05) is 18.4 Å². The van der Waals surface area contributed by atoms with E-state index in [4.69, 9.17) is 0 Å². The molecule has 0 aliphatic carbocycles. The Kier molecular flexibility index (Phi) is 4.41. The third-order valence-electron chi connectivity index (χ3n) is 4.33. The van der Waals surface area contributed by atoms with Gasteiger partial charge in [-0.1, -0.05) is 48.5 Å². The maximum Gasteiger partial charge on any atom is 0.127 e. The molecule has 0 aromatic heterocycles. The summed E-state index contributed by atoms with van der Waals surface area (Å²) in [6.07, 6.45) is 1.70. The summed E-state index contributed by atoms with van der Waals surface area (Å²) < 4.78 is 0. The quantitative estimate of drug-likeness (QED) is 0.936. The SMILES string of the molecule is N#CC1(N[13c]2[13cH][13cH][13cH][13cH][13cH]2)CCN(Cc2ccccc2)CC1. The van der Waals surface area contributed by atoms with Gasteiger partial charge in [0.25, 0.3) is 0 Å². The molecule has 1 saturated heterocycles. The van der Waals surface area contributed by atoms with E-state index in [1.54, 1.807) is 0 Å². The standard InChI is InChI=1S/C19H21N3/c20-16-19(21-18-9-5-2-6-10-18)11-13-22(14-12-19)15-17-7-3-1-4-8-17/h1-10,21H,11-15H2/i2+1,5+1,6+1,9+1,10+1,18+1. The molecule has 1 heterocycles. The summed E-state index contributed by atoms with van der Waals surface area (Å²) in [7, 11) is 0. The van der Waals surface area contributed by atoms with E-state index in [-0.39, 0.29) is 0 Å². The minimum atomic E-state index is -0.436. The number of hydrogen-bond donors (Lipinski definition) is 1. The normalized spacial score (nSPS) is 17.6. The zero-order valence-corrected chi connectivity index (χ0v) is 12.7. The Morgan fingerprint density at radius 2 is 1.55 bits per heavy atom. The molecule has 2 aromatic rings. The predicted molar refractivity (Wildman–Crippen MR) is 89.4 cm³/mol. The molecule has 2 aromatic carbocycles. The monoisotopic (exact) mass is 297 g/mol. The zero-order chi connectivity index (χ0) is 15.3. The number of nitrogens with one attached hydrogen (secondary N) is 1.